The van der Waals surface area contributed by atoms with E-state index in [1.807, 2.05) is 29.1 Å². The molecule has 0 saturated carbocycles. The average Bonchev–Trinajstić information content (AvgIpc) is 2.51. The molecule has 1 heterocycles. The fourth-order valence-electron chi connectivity index (χ4n) is 0.950. The number of hydrogen-bond donors (Lipinski definition) is 2. The van der Waals surface area contributed by atoms with Crippen LogP contribution in [0.2, 0.25) is 0 Å². The van der Waals surface area contributed by atoms with Crippen molar-refractivity contribution in [2.45, 2.75) is 19.0 Å². The van der Waals surface area contributed by atoms with E-state index < -0.39 is 11.9 Å². The Kier molecular flexibility index (Phi) is 2.88. The molecule has 4 nitrogen and oxygen atoms in total. The largest absolute Gasteiger partial charge is 0.368 e. The van der Waals surface area contributed by atoms with Gasteiger partial charge in [0.25, 0.3) is 0 Å². The van der Waals surface area contributed by atoms with E-state index in [1.54, 1.807) is 0 Å². The van der Waals surface area contributed by atoms with Crippen LogP contribution >= 0.6 is 0 Å². The first kappa shape index (κ1) is 8.80. The molecule has 1 aromatic heterocycles. The summed E-state index contributed by atoms with van der Waals surface area (Å²) in [7, 11) is 0. The van der Waals surface area contributed by atoms with Crippen LogP contribution in [0.3, 0.4) is 0 Å². The molecule has 1 amide bonds. The number of nitrogens with two attached hydrogens (primary N) is 2. The molecule has 0 aromatic carbocycles. The minimum Gasteiger partial charge on any atom is -0.368 e. The van der Waals surface area contributed by atoms with Crippen molar-refractivity contribution >= 4 is 5.91 Å². The number of primary amides is 1. The van der Waals surface area contributed by atoms with Crippen molar-refractivity contribution in [1.82, 2.24) is 4.57 Å². The molecule has 1 atom stereocenters. The molecular formula is C8H13N3O. The van der Waals surface area contributed by atoms with Gasteiger partial charge in [-0.3, -0.25) is 4.79 Å². The summed E-state index contributed by atoms with van der Waals surface area (Å²) < 4.78 is 1.96. The van der Waals surface area contributed by atoms with Crippen molar-refractivity contribution in [3.63, 3.8) is 0 Å². The molecule has 1 rings (SSSR count). The maximum atomic E-state index is 10.5. The number of nitrogens with zero attached hydrogens (tertiary/aromatic N) is 1. The highest BCUT2D eigenvalue weighted by Crippen LogP contribution is 1.95. The Hall–Kier alpha value is -1.29. The Morgan fingerprint density at radius 2 is 2.00 bits per heavy atom. The van der Waals surface area contributed by atoms with E-state index in [1.165, 1.54) is 0 Å². The standard InChI is InChI=1S/C8H13N3O/c9-7(8(10)12)3-6-11-4-1-2-5-11/h1-2,4-5,7H,3,6,9H2,(H2,10,12)/t7-/m0/s1. The normalized spacial score (nSPS) is 12.8. The van der Waals surface area contributed by atoms with Crippen LogP contribution in [0.5, 0.6) is 0 Å². The second kappa shape index (κ2) is 3.92. The van der Waals surface area contributed by atoms with E-state index in [0.717, 1.165) is 6.54 Å². The van der Waals surface area contributed by atoms with Crippen LogP contribution in [-0.2, 0) is 11.3 Å². The SMILES string of the molecule is NC(=O)[C@@H](N)CCn1cccc1. The van der Waals surface area contributed by atoms with Crippen molar-refractivity contribution in [3.8, 4) is 0 Å². The summed E-state index contributed by atoms with van der Waals surface area (Å²) >= 11 is 0. The number of hydrogen-bond acceptors (Lipinski definition) is 2. The highest BCUT2D eigenvalue weighted by atomic mass is 16.1. The van der Waals surface area contributed by atoms with Crippen LogP contribution < -0.4 is 11.5 Å². The molecule has 0 aliphatic carbocycles. The van der Waals surface area contributed by atoms with Gasteiger partial charge in [-0.2, -0.15) is 0 Å². The van der Waals surface area contributed by atoms with Crippen LogP contribution in [0.1, 0.15) is 6.42 Å². The zero-order chi connectivity index (χ0) is 8.97. The maximum Gasteiger partial charge on any atom is 0.234 e. The summed E-state index contributed by atoms with van der Waals surface area (Å²) in [5.41, 5.74) is 10.4. The molecule has 0 unspecified atom stereocenters. The lowest BCUT2D eigenvalue weighted by Crippen LogP contribution is -2.37. The van der Waals surface area contributed by atoms with Gasteiger partial charge >= 0.3 is 0 Å². The van der Waals surface area contributed by atoms with Gasteiger partial charge in [-0.15, -0.1) is 0 Å². The van der Waals surface area contributed by atoms with E-state index in [9.17, 15) is 4.79 Å². The maximum absolute atomic E-state index is 10.5. The number of aromatic nitrogens is 1. The molecule has 0 radical (unpaired) electrons. The van der Waals surface area contributed by atoms with E-state index in [-0.39, 0.29) is 0 Å². The van der Waals surface area contributed by atoms with Crippen molar-refractivity contribution in [2.24, 2.45) is 11.5 Å². The van der Waals surface area contributed by atoms with Gasteiger partial charge in [0, 0.05) is 18.9 Å². The Bertz CT molecular complexity index is 243. The Morgan fingerprint density at radius 1 is 1.42 bits per heavy atom. The predicted molar refractivity (Wildman–Crippen MR) is 46.2 cm³/mol. The monoisotopic (exact) mass is 167 g/mol. The number of carbonyl (C=O) groups excluding carboxylic acids is 1. The van der Waals surface area contributed by atoms with Crippen molar-refractivity contribution in [1.29, 1.82) is 0 Å². The summed E-state index contributed by atoms with van der Waals surface area (Å²) in [4.78, 5) is 10.5. The van der Waals surface area contributed by atoms with Gasteiger partial charge in [0.15, 0.2) is 0 Å². The summed E-state index contributed by atoms with van der Waals surface area (Å²) in [6, 6.07) is 3.32. The minimum atomic E-state index is -0.535. The molecule has 0 aliphatic rings. The first-order valence-electron chi connectivity index (χ1n) is 3.86. The molecule has 0 fully saturated rings. The summed E-state index contributed by atoms with van der Waals surface area (Å²) in [5, 5.41) is 0. The number of carbonyl (C=O) groups is 1. The molecule has 0 aliphatic heterocycles. The Balaban J connectivity index is 2.31. The zero-order valence-corrected chi connectivity index (χ0v) is 6.81. The lowest BCUT2D eigenvalue weighted by atomic mass is 10.2. The second-order valence-electron chi connectivity index (χ2n) is 2.72. The van der Waals surface area contributed by atoms with Gasteiger partial charge in [-0.1, -0.05) is 0 Å². The third-order valence-electron chi connectivity index (χ3n) is 1.73. The summed E-state index contributed by atoms with van der Waals surface area (Å²) in [5.74, 6) is -0.442. The van der Waals surface area contributed by atoms with Crippen molar-refractivity contribution < 1.29 is 4.79 Å². The first-order valence-corrected chi connectivity index (χ1v) is 3.86. The van der Waals surface area contributed by atoms with Crippen molar-refractivity contribution in [3.05, 3.63) is 24.5 Å². The van der Waals surface area contributed by atoms with E-state index in [0.29, 0.717) is 6.42 Å². The fourth-order valence-corrected chi connectivity index (χ4v) is 0.950. The highest BCUT2D eigenvalue weighted by Gasteiger charge is 2.07. The first-order chi connectivity index (χ1) is 5.70. The average molecular weight is 167 g/mol. The molecule has 66 valence electrons. The van der Waals surface area contributed by atoms with Crippen LogP contribution in [0.4, 0.5) is 0 Å². The number of amides is 1. The van der Waals surface area contributed by atoms with Gasteiger partial charge in [0.05, 0.1) is 6.04 Å². The highest BCUT2D eigenvalue weighted by molar-refractivity contribution is 5.79. The fraction of sp³-hybridized carbons (Fsp3) is 0.375. The molecule has 12 heavy (non-hydrogen) atoms. The topological polar surface area (TPSA) is 74.0 Å². The lowest BCUT2D eigenvalue weighted by molar-refractivity contribution is -0.119. The molecule has 0 spiro atoms. The van der Waals surface area contributed by atoms with Crippen LogP contribution in [0.25, 0.3) is 0 Å². The summed E-state index contributed by atoms with van der Waals surface area (Å²) in [6.45, 7) is 0.733. The molecule has 0 saturated heterocycles. The lowest BCUT2D eigenvalue weighted by Gasteiger charge is -2.07. The van der Waals surface area contributed by atoms with E-state index >= 15 is 0 Å². The van der Waals surface area contributed by atoms with Crippen molar-refractivity contribution in [2.75, 3.05) is 0 Å². The van der Waals surface area contributed by atoms with E-state index in [4.69, 9.17) is 11.5 Å². The Labute approximate surface area is 71.2 Å². The summed E-state index contributed by atoms with van der Waals surface area (Å²) in [6.07, 6.45) is 4.44. The van der Waals surface area contributed by atoms with Crippen LogP contribution in [0, 0.1) is 0 Å². The number of aryl methyl sites for hydroxylation is 1. The Morgan fingerprint density at radius 3 is 2.50 bits per heavy atom. The molecule has 0 bridgehead atoms. The van der Waals surface area contributed by atoms with Gasteiger partial charge in [-0.25, -0.2) is 0 Å². The molecule has 1 aromatic rings. The van der Waals surface area contributed by atoms with Crippen LogP contribution in [0.15, 0.2) is 24.5 Å². The molecule has 4 heteroatoms. The van der Waals surface area contributed by atoms with E-state index in [2.05, 4.69) is 0 Å². The van der Waals surface area contributed by atoms with Gasteiger partial charge < -0.3 is 16.0 Å². The smallest absolute Gasteiger partial charge is 0.234 e. The van der Waals surface area contributed by atoms with Gasteiger partial charge in [-0.05, 0) is 18.6 Å². The van der Waals surface area contributed by atoms with Gasteiger partial charge in [0.1, 0.15) is 0 Å². The third kappa shape index (κ3) is 2.39. The predicted octanol–water partition coefficient (Wildman–Crippen LogP) is -0.309. The van der Waals surface area contributed by atoms with Gasteiger partial charge in [0.2, 0.25) is 5.91 Å². The number of rotatable bonds is 4. The third-order valence-corrected chi connectivity index (χ3v) is 1.73. The van der Waals surface area contributed by atoms with Crippen LogP contribution in [-0.4, -0.2) is 16.5 Å². The zero-order valence-electron chi connectivity index (χ0n) is 6.81. The second-order valence-corrected chi connectivity index (χ2v) is 2.72. The quantitative estimate of drug-likeness (QED) is 0.645. The minimum absolute atomic E-state index is 0.442. The molecule has 4 N–H and O–H groups in total. The molecular weight excluding hydrogens is 154 g/mol.